The van der Waals surface area contributed by atoms with Crippen LogP contribution in [0.1, 0.15) is 33.7 Å². The van der Waals surface area contributed by atoms with Gasteiger partial charge in [-0.1, -0.05) is 47.6 Å². The Morgan fingerprint density at radius 3 is 2.51 bits per heavy atom. The first-order valence-corrected chi connectivity index (χ1v) is 12.8. The summed E-state index contributed by atoms with van der Waals surface area (Å²) in [5.41, 5.74) is 5.10. The number of methoxy groups -OCH3 is 1. The second-order valence-electron chi connectivity index (χ2n) is 9.53. The van der Waals surface area contributed by atoms with Gasteiger partial charge in [-0.05, 0) is 42.3 Å². The third-order valence-corrected chi connectivity index (χ3v) is 6.66. The Labute approximate surface area is 227 Å². The van der Waals surface area contributed by atoms with Crippen LogP contribution in [0.25, 0.3) is 11.0 Å². The Morgan fingerprint density at radius 1 is 1.00 bits per heavy atom. The van der Waals surface area contributed by atoms with Crippen molar-refractivity contribution in [3.8, 4) is 0 Å². The molecule has 0 fully saturated rings. The van der Waals surface area contributed by atoms with Crippen LogP contribution in [0.3, 0.4) is 0 Å². The molecule has 0 radical (unpaired) electrons. The van der Waals surface area contributed by atoms with Crippen LogP contribution in [0.2, 0.25) is 0 Å². The van der Waals surface area contributed by atoms with Gasteiger partial charge in [-0.2, -0.15) is 0 Å². The van der Waals surface area contributed by atoms with E-state index in [0.29, 0.717) is 18.7 Å². The molecule has 0 unspecified atom stereocenters. The number of carbonyl (C=O) groups is 2. The molecule has 9 nitrogen and oxygen atoms in total. The smallest absolute Gasteiger partial charge is 0.281 e. The van der Waals surface area contributed by atoms with Gasteiger partial charge in [0.05, 0.1) is 23.3 Å². The molecule has 3 aromatic carbocycles. The standard InChI is InChI=1S/C30H31N5O4/c1-33(2)29(36)22-15-13-21(14-16-22)20-39-32-28-23-9-4-6-11-25(23)35(30(28)37)19-27-31-24-10-5-7-12-26(24)34(27)17-8-18-38-3/h4-7,9-16H,8,17-20H2,1-3H3. The minimum atomic E-state index is -0.237. The summed E-state index contributed by atoms with van der Waals surface area (Å²) in [4.78, 5) is 39.4. The van der Waals surface area contributed by atoms with Gasteiger partial charge in [0.1, 0.15) is 12.4 Å². The third-order valence-electron chi connectivity index (χ3n) is 6.66. The number of aromatic nitrogens is 2. The fourth-order valence-electron chi connectivity index (χ4n) is 4.68. The molecule has 0 saturated carbocycles. The van der Waals surface area contributed by atoms with Gasteiger partial charge >= 0.3 is 0 Å². The van der Waals surface area contributed by atoms with E-state index in [4.69, 9.17) is 14.6 Å². The zero-order valence-corrected chi connectivity index (χ0v) is 22.3. The predicted octanol–water partition coefficient (Wildman–Crippen LogP) is 4.24. The van der Waals surface area contributed by atoms with Crippen molar-refractivity contribution in [1.29, 1.82) is 0 Å². The van der Waals surface area contributed by atoms with E-state index in [1.807, 2.05) is 60.7 Å². The van der Waals surface area contributed by atoms with Crippen LogP contribution in [0.5, 0.6) is 0 Å². The molecule has 1 aliphatic rings. The van der Waals surface area contributed by atoms with Crippen molar-refractivity contribution in [2.75, 3.05) is 32.7 Å². The van der Waals surface area contributed by atoms with Gasteiger partial charge in [-0.25, -0.2) is 4.98 Å². The summed E-state index contributed by atoms with van der Waals surface area (Å²) in [5, 5.41) is 4.25. The molecule has 5 rings (SSSR count). The summed E-state index contributed by atoms with van der Waals surface area (Å²) in [5.74, 6) is 0.492. The molecule has 9 heteroatoms. The molecule has 200 valence electrons. The van der Waals surface area contributed by atoms with E-state index in [1.54, 1.807) is 38.2 Å². The maximum atomic E-state index is 13.6. The number of rotatable bonds is 10. The molecule has 0 bridgehead atoms. The molecule has 1 aliphatic heterocycles. The number of benzene rings is 3. The van der Waals surface area contributed by atoms with Gasteiger partial charge in [-0.3, -0.25) is 14.5 Å². The van der Waals surface area contributed by atoms with Gasteiger partial charge in [0.15, 0.2) is 5.71 Å². The highest BCUT2D eigenvalue weighted by atomic mass is 16.6. The van der Waals surface area contributed by atoms with E-state index in [1.165, 1.54) is 4.90 Å². The number of para-hydroxylation sites is 3. The van der Waals surface area contributed by atoms with Crippen molar-refractivity contribution in [2.45, 2.75) is 26.1 Å². The Balaban J connectivity index is 1.36. The van der Waals surface area contributed by atoms with E-state index < -0.39 is 0 Å². The summed E-state index contributed by atoms with van der Waals surface area (Å²) in [7, 11) is 5.12. The number of fused-ring (bicyclic) bond motifs is 2. The maximum absolute atomic E-state index is 13.6. The van der Waals surface area contributed by atoms with Crippen LogP contribution in [0.15, 0.2) is 78.0 Å². The number of anilines is 1. The molecule has 39 heavy (non-hydrogen) atoms. The van der Waals surface area contributed by atoms with Crippen molar-refractivity contribution in [3.63, 3.8) is 0 Å². The van der Waals surface area contributed by atoms with E-state index in [0.717, 1.165) is 46.6 Å². The first-order chi connectivity index (χ1) is 19.0. The van der Waals surface area contributed by atoms with E-state index in [9.17, 15) is 9.59 Å². The minimum Gasteiger partial charge on any atom is -0.390 e. The van der Waals surface area contributed by atoms with Crippen LogP contribution in [-0.2, 0) is 34.1 Å². The monoisotopic (exact) mass is 525 g/mol. The number of nitrogens with zero attached hydrogens (tertiary/aromatic N) is 5. The summed E-state index contributed by atoms with van der Waals surface area (Å²) < 4.78 is 7.41. The number of amides is 2. The first-order valence-electron chi connectivity index (χ1n) is 12.8. The van der Waals surface area contributed by atoms with Crippen LogP contribution < -0.4 is 4.90 Å². The topological polar surface area (TPSA) is 89.3 Å². The van der Waals surface area contributed by atoms with Crippen molar-refractivity contribution < 1.29 is 19.2 Å². The quantitative estimate of drug-likeness (QED) is 0.228. The fraction of sp³-hybridized carbons (Fsp3) is 0.267. The third kappa shape index (κ3) is 5.39. The molecule has 0 aliphatic carbocycles. The van der Waals surface area contributed by atoms with Gasteiger partial charge in [0, 0.05) is 45.5 Å². The minimum absolute atomic E-state index is 0.0665. The SMILES string of the molecule is COCCCn1c(CN2C(=O)C(=NOCc3ccc(C(=O)N(C)C)cc3)c3ccccc32)nc2ccccc21. The van der Waals surface area contributed by atoms with Crippen molar-refractivity contribution in [1.82, 2.24) is 14.5 Å². The summed E-state index contributed by atoms with van der Waals surface area (Å²) in [6.45, 7) is 1.85. The molecule has 2 heterocycles. The summed E-state index contributed by atoms with van der Waals surface area (Å²) >= 11 is 0. The molecule has 4 aromatic rings. The summed E-state index contributed by atoms with van der Waals surface area (Å²) in [6, 6.07) is 22.7. The van der Waals surface area contributed by atoms with Crippen molar-refractivity contribution in [3.05, 3.63) is 95.3 Å². The lowest BCUT2D eigenvalue weighted by atomic mass is 10.1. The largest absolute Gasteiger partial charge is 0.390 e. The highest BCUT2D eigenvalue weighted by molar-refractivity contribution is 6.54. The number of imidazole rings is 1. The molecular formula is C30H31N5O4. The van der Waals surface area contributed by atoms with E-state index in [2.05, 4.69) is 9.72 Å². The average molecular weight is 526 g/mol. The number of carbonyl (C=O) groups excluding carboxylic acids is 2. The highest BCUT2D eigenvalue weighted by Crippen LogP contribution is 2.31. The predicted molar refractivity (Wildman–Crippen MR) is 150 cm³/mol. The van der Waals surface area contributed by atoms with Gasteiger partial charge in [0.2, 0.25) is 0 Å². The lowest BCUT2D eigenvalue weighted by Gasteiger charge is -2.17. The van der Waals surface area contributed by atoms with Crippen molar-refractivity contribution in [2.24, 2.45) is 5.16 Å². The molecule has 0 atom stereocenters. The zero-order chi connectivity index (χ0) is 27.4. The molecule has 2 amide bonds. The number of oxime groups is 1. The zero-order valence-electron chi connectivity index (χ0n) is 22.3. The second kappa shape index (κ2) is 11.5. The molecule has 0 spiro atoms. The van der Waals surface area contributed by atoms with Crippen LogP contribution in [-0.4, -0.2) is 59.8 Å². The summed E-state index contributed by atoms with van der Waals surface area (Å²) in [6.07, 6.45) is 0.833. The van der Waals surface area contributed by atoms with Crippen LogP contribution >= 0.6 is 0 Å². The maximum Gasteiger partial charge on any atom is 0.281 e. The molecule has 0 N–H and O–H groups in total. The lowest BCUT2D eigenvalue weighted by Crippen LogP contribution is -2.31. The van der Waals surface area contributed by atoms with Crippen LogP contribution in [0, 0.1) is 0 Å². The normalized spacial score (nSPS) is 13.8. The Kier molecular flexibility index (Phi) is 7.69. The Hall–Kier alpha value is -4.50. The number of hydrogen-bond acceptors (Lipinski definition) is 6. The van der Waals surface area contributed by atoms with Gasteiger partial charge in [0.25, 0.3) is 11.8 Å². The molecule has 0 saturated heterocycles. The second-order valence-corrected chi connectivity index (χ2v) is 9.53. The number of aryl methyl sites for hydroxylation is 1. The van der Waals surface area contributed by atoms with E-state index >= 15 is 0 Å². The molecular weight excluding hydrogens is 494 g/mol. The van der Waals surface area contributed by atoms with Crippen molar-refractivity contribution >= 4 is 34.2 Å². The Bertz CT molecular complexity index is 1520. The van der Waals surface area contributed by atoms with Gasteiger partial charge < -0.3 is 19.0 Å². The fourth-order valence-corrected chi connectivity index (χ4v) is 4.68. The average Bonchev–Trinajstić information content (AvgIpc) is 3.43. The Morgan fingerprint density at radius 2 is 1.74 bits per heavy atom. The first kappa shape index (κ1) is 26.1. The lowest BCUT2D eigenvalue weighted by molar-refractivity contribution is -0.112. The number of hydrogen-bond donors (Lipinski definition) is 0. The molecule has 1 aromatic heterocycles. The van der Waals surface area contributed by atoms with Crippen LogP contribution in [0.4, 0.5) is 5.69 Å². The van der Waals surface area contributed by atoms with E-state index in [-0.39, 0.29) is 24.1 Å². The number of ether oxygens (including phenoxy) is 1. The highest BCUT2D eigenvalue weighted by Gasteiger charge is 2.35. The van der Waals surface area contributed by atoms with Gasteiger partial charge in [-0.15, -0.1) is 0 Å².